The normalized spacial score (nSPS) is 22.6. The SMILES string of the molecule is Cc1cnc(C(=O)N[C@@H]2CCN(Cc3cscn3)C[C@H]2O)[nH]1. The number of amides is 1. The van der Waals surface area contributed by atoms with Crippen LogP contribution in [0.4, 0.5) is 0 Å². The summed E-state index contributed by atoms with van der Waals surface area (Å²) in [6.45, 7) is 3.92. The quantitative estimate of drug-likeness (QED) is 0.764. The van der Waals surface area contributed by atoms with Crippen LogP contribution in [0.2, 0.25) is 0 Å². The number of aliphatic hydroxyl groups is 1. The molecule has 0 saturated carbocycles. The topological polar surface area (TPSA) is 94.1 Å². The van der Waals surface area contributed by atoms with Gasteiger partial charge in [0, 0.05) is 36.9 Å². The van der Waals surface area contributed by atoms with Crippen molar-refractivity contribution in [1.82, 2.24) is 25.2 Å². The minimum absolute atomic E-state index is 0.246. The lowest BCUT2D eigenvalue weighted by molar-refractivity contribution is 0.0343. The van der Waals surface area contributed by atoms with E-state index in [1.54, 1.807) is 17.5 Å². The number of hydrogen-bond acceptors (Lipinski definition) is 6. The molecule has 1 amide bonds. The largest absolute Gasteiger partial charge is 0.390 e. The van der Waals surface area contributed by atoms with Crippen LogP contribution < -0.4 is 5.32 Å². The second-order valence-electron chi connectivity index (χ2n) is 5.57. The standard InChI is InChI=1S/C14H19N5O2S/c1-9-4-15-13(17-9)14(21)18-11-2-3-19(6-12(11)20)5-10-7-22-8-16-10/h4,7-8,11-12,20H,2-3,5-6H2,1H3,(H,15,17)(H,18,21)/t11-,12-/m1/s1. The van der Waals surface area contributed by atoms with Gasteiger partial charge in [0.1, 0.15) is 0 Å². The van der Waals surface area contributed by atoms with Crippen molar-refractivity contribution in [3.8, 4) is 0 Å². The van der Waals surface area contributed by atoms with Crippen molar-refractivity contribution in [3.63, 3.8) is 0 Å². The van der Waals surface area contributed by atoms with E-state index < -0.39 is 6.10 Å². The number of carbonyl (C=O) groups is 1. The fourth-order valence-corrected chi connectivity index (χ4v) is 3.17. The highest BCUT2D eigenvalue weighted by molar-refractivity contribution is 7.07. The summed E-state index contributed by atoms with van der Waals surface area (Å²) in [7, 11) is 0. The fourth-order valence-electron chi connectivity index (χ4n) is 2.62. The molecule has 1 fully saturated rings. The first-order valence-corrected chi connectivity index (χ1v) is 8.16. The lowest BCUT2D eigenvalue weighted by Gasteiger charge is -2.35. The second kappa shape index (κ2) is 6.55. The van der Waals surface area contributed by atoms with E-state index in [2.05, 4.69) is 25.2 Å². The Labute approximate surface area is 132 Å². The van der Waals surface area contributed by atoms with Gasteiger partial charge in [-0.2, -0.15) is 0 Å². The molecular weight excluding hydrogens is 302 g/mol. The van der Waals surface area contributed by atoms with Gasteiger partial charge in [-0.15, -0.1) is 11.3 Å². The van der Waals surface area contributed by atoms with Crippen molar-refractivity contribution in [2.75, 3.05) is 13.1 Å². The molecule has 0 spiro atoms. The van der Waals surface area contributed by atoms with E-state index in [1.165, 1.54) is 0 Å². The van der Waals surface area contributed by atoms with Gasteiger partial charge in [-0.05, 0) is 13.3 Å². The van der Waals surface area contributed by atoms with Crippen LogP contribution >= 0.6 is 11.3 Å². The third-order valence-corrected chi connectivity index (χ3v) is 4.40. The molecule has 0 aliphatic carbocycles. The summed E-state index contributed by atoms with van der Waals surface area (Å²) >= 11 is 1.57. The number of hydrogen-bond donors (Lipinski definition) is 3. The van der Waals surface area contributed by atoms with Crippen molar-refractivity contribution < 1.29 is 9.90 Å². The van der Waals surface area contributed by atoms with Crippen molar-refractivity contribution in [1.29, 1.82) is 0 Å². The van der Waals surface area contributed by atoms with Gasteiger partial charge in [0.25, 0.3) is 5.91 Å². The zero-order valence-electron chi connectivity index (χ0n) is 12.3. The Balaban J connectivity index is 1.53. The van der Waals surface area contributed by atoms with Gasteiger partial charge in [0.2, 0.25) is 0 Å². The lowest BCUT2D eigenvalue weighted by atomic mass is 10.0. The number of likely N-dealkylation sites (tertiary alicyclic amines) is 1. The summed E-state index contributed by atoms with van der Waals surface area (Å²) in [5.74, 6) is 0.0136. The van der Waals surface area contributed by atoms with Gasteiger partial charge in [-0.1, -0.05) is 0 Å². The predicted molar refractivity (Wildman–Crippen MR) is 82.6 cm³/mol. The Hall–Kier alpha value is -1.77. The zero-order valence-corrected chi connectivity index (χ0v) is 13.1. The van der Waals surface area contributed by atoms with Crippen LogP contribution in [0, 0.1) is 6.92 Å². The monoisotopic (exact) mass is 321 g/mol. The Kier molecular flexibility index (Phi) is 4.51. The molecule has 7 nitrogen and oxygen atoms in total. The molecule has 22 heavy (non-hydrogen) atoms. The summed E-state index contributed by atoms with van der Waals surface area (Å²) in [6.07, 6.45) is 1.73. The molecule has 0 unspecified atom stereocenters. The molecule has 1 aliphatic heterocycles. The van der Waals surface area contributed by atoms with Crippen LogP contribution in [0.3, 0.4) is 0 Å². The number of nitrogens with one attached hydrogen (secondary N) is 2. The maximum atomic E-state index is 12.1. The predicted octanol–water partition coefficient (Wildman–Crippen LogP) is 0.540. The first-order valence-electron chi connectivity index (χ1n) is 7.22. The number of aliphatic hydroxyl groups excluding tert-OH is 1. The van der Waals surface area contributed by atoms with Crippen molar-refractivity contribution in [2.45, 2.75) is 32.0 Å². The summed E-state index contributed by atoms with van der Waals surface area (Å²) in [5, 5.41) is 15.1. The van der Waals surface area contributed by atoms with Gasteiger partial charge in [-0.25, -0.2) is 9.97 Å². The summed E-state index contributed by atoms with van der Waals surface area (Å²) in [4.78, 5) is 25.4. The van der Waals surface area contributed by atoms with Crippen LogP contribution in [0.1, 0.15) is 28.4 Å². The second-order valence-corrected chi connectivity index (χ2v) is 6.28. The van der Waals surface area contributed by atoms with Gasteiger partial charge in [0.15, 0.2) is 5.82 Å². The van der Waals surface area contributed by atoms with E-state index in [9.17, 15) is 9.90 Å². The van der Waals surface area contributed by atoms with E-state index >= 15 is 0 Å². The molecule has 1 aliphatic rings. The van der Waals surface area contributed by atoms with Crippen LogP contribution in [0.5, 0.6) is 0 Å². The fraction of sp³-hybridized carbons (Fsp3) is 0.500. The van der Waals surface area contributed by atoms with Gasteiger partial charge in [0.05, 0.1) is 23.4 Å². The maximum absolute atomic E-state index is 12.1. The van der Waals surface area contributed by atoms with Gasteiger partial charge in [-0.3, -0.25) is 9.69 Å². The van der Waals surface area contributed by atoms with Crippen LogP contribution in [-0.2, 0) is 6.54 Å². The van der Waals surface area contributed by atoms with E-state index in [-0.39, 0.29) is 17.8 Å². The van der Waals surface area contributed by atoms with E-state index in [1.807, 2.05) is 17.8 Å². The van der Waals surface area contributed by atoms with Crippen LogP contribution in [-0.4, -0.2) is 56.1 Å². The number of aromatic nitrogens is 3. The Morgan fingerprint density at radius 2 is 2.45 bits per heavy atom. The Morgan fingerprint density at radius 1 is 1.59 bits per heavy atom. The number of aromatic amines is 1. The molecule has 2 aromatic rings. The van der Waals surface area contributed by atoms with Crippen molar-refractivity contribution >= 4 is 17.2 Å². The van der Waals surface area contributed by atoms with E-state index in [4.69, 9.17) is 0 Å². The molecule has 118 valence electrons. The first-order chi connectivity index (χ1) is 10.6. The van der Waals surface area contributed by atoms with Crippen LogP contribution in [0.15, 0.2) is 17.1 Å². The van der Waals surface area contributed by atoms with Crippen molar-refractivity contribution in [2.24, 2.45) is 0 Å². The smallest absolute Gasteiger partial charge is 0.287 e. The third-order valence-electron chi connectivity index (χ3n) is 3.77. The molecule has 0 radical (unpaired) electrons. The summed E-state index contributed by atoms with van der Waals surface area (Å²) in [6, 6.07) is -0.246. The summed E-state index contributed by atoms with van der Waals surface area (Å²) < 4.78 is 0. The highest BCUT2D eigenvalue weighted by Gasteiger charge is 2.29. The third kappa shape index (κ3) is 3.52. The zero-order chi connectivity index (χ0) is 15.5. The number of carbonyl (C=O) groups excluding carboxylic acids is 1. The van der Waals surface area contributed by atoms with Gasteiger partial charge >= 0.3 is 0 Å². The molecule has 3 rings (SSSR count). The number of thiazole rings is 1. The molecule has 2 aromatic heterocycles. The molecule has 3 N–H and O–H groups in total. The first kappa shape index (κ1) is 15.1. The number of rotatable bonds is 4. The lowest BCUT2D eigenvalue weighted by Crippen LogP contribution is -2.53. The van der Waals surface area contributed by atoms with Crippen LogP contribution in [0.25, 0.3) is 0 Å². The average molecular weight is 321 g/mol. The summed E-state index contributed by atoms with van der Waals surface area (Å²) in [5.41, 5.74) is 3.67. The number of imidazole rings is 1. The Bertz CT molecular complexity index is 627. The molecule has 3 heterocycles. The number of β-amino-alcohol motifs (C(OH)–C–C–N with tert-alkyl or cyclic N) is 1. The number of piperidine rings is 1. The van der Waals surface area contributed by atoms with E-state index in [0.717, 1.165) is 24.5 Å². The molecule has 1 saturated heterocycles. The molecule has 8 heteroatoms. The Morgan fingerprint density at radius 3 is 3.09 bits per heavy atom. The number of H-pyrrole nitrogens is 1. The molecule has 0 bridgehead atoms. The molecule has 0 aromatic carbocycles. The molecular formula is C14H19N5O2S. The molecule has 2 atom stereocenters. The van der Waals surface area contributed by atoms with Gasteiger partial charge < -0.3 is 15.4 Å². The highest BCUT2D eigenvalue weighted by atomic mass is 32.1. The maximum Gasteiger partial charge on any atom is 0.287 e. The van der Waals surface area contributed by atoms with Crippen molar-refractivity contribution in [3.05, 3.63) is 34.3 Å². The number of nitrogens with zero attached hydrogens (tertiary/aromatic N) is 3. The highest BCUT2D eigenvalue weighted by Crippen LogP contribution is 2.15. The average Bonchev–Trinajstić information content (AvgIpc) is 3.13. The number of aryl methyl sites for hydroxylation is 1. The minimum Gasteiger partial charge on any atom is -0.390 e. The minimum atomic E-state index is -0.590. The van der Waals surface area contributed by atoms with E-state index in [0.29, 0.717) is 13.0 Å².